The van der Waals surface area contributed by atoms with Crippen LogP contribution in [0.4, 0.5) is 0 Å². The van der Waals surface area contributed by atoms with Crippen molar-refractivity contribution in [2.75, 3.05) is 20.6 Å². The molecule has 1 aliphatic rings. The lowest BCUT2D eigenvalue weighted by molar-refractivity contribution is -0.134. The Labute approximate surface area is 109 Å². The van der Waals surface area contributed by atoms with Gasteiger partial charge >= 0.3 is 0 Å². The highest BCUT2D eigenvalue weighted by atomic mass is 16.2. The zero-order valence-corrected chi connectivity index (χ0v) is 11.8. The Morgan fingerprint density at radius 1 is 1.28 bits per heavy atom. The topological polar surface area (TPSA) is 61.4 Å². The zero-order chi connectivity index (χ0) is 13.7. The average Bonchev–Trinajstić information content (AvgIpc) is 3.07. The quantitative estimate of drug-likeness (QED) is 0.690. The summed E-state index contributed by atoms with van der Waals surface area (Å²) in [5, 5.41) is 5.97. The van der Waals surface area contributed by atoms with Gasteiger partial charge in [0.05, 0.1) is 6.54 Å². The third-order valence-electron chi connectivity index (χ3n) is 2.91. The molecule has 0 aromatic carbocycles. The standard InChI is InChI=1S/C13H25N3O2/c1-9(2)7-11(13(18)16(3)4)15-12(17)8-14-10-5-6-10/h9-11,14H,5-8H2,1-4H3,(H,15,17). The van der Waals surface area contributed by atoms with Gasteiger partial charge in [0.15, 0.2) is 0 Å². The van der Waals surface area contributed by atoms with E-state index in [0.717, 1.165) is 12.8 Å². The molecule has 0 spiro atoms. The number of rotatable bonds is 7. The largest absolute Gasteiger partial charge is 0.347 e. The van der Waals surface area contributed by atoms with Gasteiger partial charge in [0.25, 0.3) is 0 Å². The number of hydrogen-bond acceptors (Lipinski definition) is 3. The number of hydrogen-bond donors (Lipinski definition) is 2. The van der Waals surface area contributed by atoms with Crippen molar-refractivity contribution < 1.29 is 9.59 Å². The summed E-state index contributed by atoms with van der Waals surface area (Å²) in [7, 11) is 3.43. The Morgan fingerprint density at radius 2 is 1.89 bits per heavy atom. The van der Waals surface area contributed by atoms with Crippen LogP contribution in [0.1, 0.15) is 33.1 Å². The molecule has 1 atom stereocenters. The maximum atomic E-state index is 12.0. The number of likely N-dealkylation sites (N-methyl/N-ethyl adjacent to an activating group) is 1. The van der Waals surface area contributed by atoms with Crippen molar-refractivity contribution in [3.05, 3.63) is 0 Å². The van der Waals surface area contributed by atoms with Gasteiger partial charge in [0.1, 0.15) is 6.04 Å². The van der Waals surface area contributed by atoms with Crippen molar-refractivity contribution >= 4 is 11.8 Å². The lowest BCUT2D eigenvalue weighted by atomic mass is 10.0. The predicted octanol–water partition coefficient (Wildman–Crippen LogP) is 0.358. The SMILES string of the molecule is CC(C)CC(NC(=O)CNC1CC1)C(=O)N(C)C. The zero-order valence-electron chi connectivity index (χ0n) is 11.8. The molecule has 1 saturated carbocycles. The van der Waals surface area contributed by atoms with E-state index >= 15 is 0 Å². The summed E-state index contributed by atoms with van der Waals surface area (Å²) in [6.07, 6.45) is 2.98. The van der Waals surface area contributed by atoms with Crippen molar-refractivity contribution in [1.82, 2.24) is 15.5 Å². The van der Waals surface area contributed by atoms with E-state index in [1.165, 1.54) is 4.90 Å². The second-order valence-electron chi connectivity index (χ2n) is 5.64. The molecule has 18 heavy (non-hydrogen) atoms. The highest BCUT2D eigenvalue weighted by Gasteiger charge is 2.25. The Hall–Kier alpha value is -1.10. The van der Waals surface area contributed by atoms with Gasteiger partial charge in [-0.05, 0) is 25.2 Å². The maximum Gasteiger partial charge on any atom is 0.244 e. The molecule has 2 N–H and O–H groups in total. The van der Waals surface area contributed by atoms with E-state index in [1.807, 2.05) is 13.8 Å². The first-order valence-corrected chi connectivity index (χ1v) is 6.64. The molecule has 0 aromatic heterocycles. The first-order chi connectivity index (χ1) is 8.40. The summed E-state index contributed by atoms with van der Waals surface area (Å²) in [5.74, 6) is 0.238. The van der Waals surface area contributed by atoms with Gasteiger partial charge in [-0.25, -0.2) is 0 Å². The highest BCUT2D eigenvalue weighted by Crippen LogP contribution is 2.17. The Kier molecular flexibility index (Phi) is 5.59. The van der Waals surface area contributed by atoms with Crippen LogP contribution in [0.3, 0.4) is 0 Å². The molecule has 0 aliphatic heterocycles. The third kappa shape index (κ3) is 5.49. The second kappa shape index (κ2) is 6.73. The minimum atomic E-state index is -0.409. The average molecular weight is 255 g/mol. The summed E-state index contributed by atoms with van der Waals surface area (Å²) >= 11 is 0. The number of carbonyl (C=O) groups is 2. The van der Waals surface area contributed by atoms with Gasteiger partial charge in [-0.3, -0.25) is 9.59 Å². The molecule has 0 radical (unpaired) electrons. The van der Waals surface area contributed by atoms with Gasteiger partial charge in [0, 0.05) is 20.1 Å². The van der Waals surface area contributed by atoms with E-state index in [4.69, 9.17) is 0 Å². The van der Waals surface area contributed by atoms with E-state index in [0.29, 0.717) is 24.9 Å². The molecule has 0 saturated heterocycles. The smallest absolute Gasteiger partial charge is 0.244 e. The van der Waals surface area contributed by atoms with Crippen LogP contribution >= 0.6 is 0 Å². The molecule has 5 nitrogen and oxygen atoms in total. The van der Waals surface area contributed by atoms with Gasteiger partial charge in [-0.2, -0.15) is 0 Å². The number of carbonyl (C=O) groups excluding carboxylic acids is 2. The Morgan fingerprint density at radius 3 is 2.33 bits per heavy atom. The van der Waals surface area contributed by atoms with Crippen molar-refractivity contribution in [3.63, 3.8) is 0 Å². The molecule has 0 aromatic rings. The van der Waals surface area contributed by atoms with Crippen LogP contribution in [0, 0.1) is 5.92 Å². The highest BCUT2D eigenvalue weighted by molar-refractivity contribution is 5.88. The first kappa shape index (κ1) is 15.0. The van der Waals surface area contributed by atoms with E-state index in [2.05, 4.69) is 10.6 Å². The van der Waals surface area contributed by atoms with Crippen LogP contribution in [0.5, 0.6) is 0 Å². The van der Waals surface area contributed by atoms with Gasteiger partial charge in [-0.1, -0.05) is 13.8 Å². The second-order valence-corrected chi connectivity index (χ2v) is 5.64. The summed E-state index contributed by atoms with van der Waals surface area (Å²) in [5.41, 5.74) is 0. The molecule has 0 bridgehead atoms. The van der Waals surface area contributed by atoms with Crippen LogP contribution in [0.15, 0.2) is 0 Å². The fraction of sp³-hybridized carbons (Fsp3) is 0.846. The molecule has 1 aliphatic carbocycles. The van der Waals surface area contributed by atoms with Gasteiger partial charge < -0.3 is 15.5 Å². The number of nitrogens with zero attached hydrogens (tertiary/aromatic N) is 1. The summed E-state index contributed by atoms with van der Waals surface area (Å²) in [6.45, 7) is 4.40. The number of nitrogens with one attached hydrogen (secondary N) is 2. The molecule has 1 rings (SSSR count). The predicted molar refractivity (Wildman–Crippen MR) is 71.1 cm³/mol. The van der Waals surface area contributed by atoms with Gasteiger partial charge in [0.2, 0.25) is 11.8 Å². The Balaban J connectivity index is 2.42. The molecule has 2 amide bonds. The molecule has 0 heterocycles. The number of amides is 2. The third-order valence-corrected chi connectivity index (χ3v) is 2.91. The Bertz CT molecular complexity index is 299. The minimum Gasteiger partial charge on any atom is -0.347 e. The fourth-order valence-corrected chi connectivity index (χ4v) is 1.77. The molecular weight excluding hydrogens is 230 g/mol. The van der Waals surface area contributed by atoms with Crippen molar-refractivity contribution in [1.29, 1.82) is 0 Å². The van der Waals surface area contributed by atoms with Crippen LogP contribution in [0.2, 0.25) is 0 Å². The van der Waals surface area contributed by atoms with E-state index < -0.39 is 6.04 Å². The van der Waals surface area contributed by atoms with Crippen LogP contribution in [0.25, 0.3) is 0 Å². The van der Waals surface area contributed by atoms with Crippen molar-refractivity contribution in [3.8, 4) is 0 Å². The lowest BCUT2D eigenvalue weighted by Crippen LogP contribution is -2.49. The molecule has 104 valence electrons. The summed E-state index contributed by atoms with van der Waals surface area (Å²) in [6, 6.07) is 0.0948. The normalized spacial score (nSPS) is 16.5. The van der Waals surface area contributed by atoms with Crippen LogP contribution < -0.4 is 10.6 Å². The molecular formula is C13H25N3O2. The maximum absolute atomic E-state index is 12.0. The van der Waals surface area contributed by atoms with Crippen molar-refractivity contribution in [2.45, 2.75) is 45.2 Å². The summed E-state index contributed by atoms with van der Waals surface area (Å²) < 4.78 is 0. The molecule has 1 fully saturated rings. The first-order valence-electron chi connectivity index (χ1n) is 6.64. The monoisotopic (exact) mass is 255 g/mol. The van der Waals surface area contributed by atoms with E-state index in [9.17, 15) is 9.59 Å². The van der Waals surface area contributed by atoms with Crippen LogP contribution in [-0.4, -0.2) is 49.4 Å². The summed E-state index contributed by atoms with van der Waals surface area (Å²) in [4.78, 5) is 25.2. The molecule has 1 unspecified atom stereocenters. The van der Waals surface area contributed by atoms with Crippen molar-refractivity contribution in [2.24, 2.45) is 5.92 Å². The fourth-order valence-electron chi connectivity index (χ4n) is 1.77. The van der Waals surface area contributed by atoms with E-state index in [1.54, 1.807) is 14.1 Å². The molecule has 5 heteroatoms. The van der Waals surface area contributed by atoms with Crippen LogP contribution in [-0.2, 0) is 9.59 Å². The minimum absolute atomic E-state index is 0.0385. The lowest BCUT2D eigenvalue weighted by Gasteiger charge is -2.23. The van der Waals surface area contributed by atoms with E-state index in [-0.39, 0.29) is 11.8 Å². The van der Waals surface area contributed by atoms with Gasteiger partial charge in [-0.15, -0.1) is 0 Å².